The Morgan fingerprint density at radius 1 is 1.10 bits per heavy atom. The molecule has 1 aliphatic heterocycles. The van der Waals surface area contributed by atoms with E-state index in [-0.39, 0.29) is 0 Å². The van der Waals surface area contributed by atoms with Gasteiger partial charge in [-0.2, -0.15) is 5.26 Å². The second-order valence-electron chi connectivity index (χ2n) is 4.66. The highest BCUT2D eigenvalue weighted by Gasteiger charge is 2.13. The number of hydrogen-bond acceptors (Lipinski definition) is 3. The molecule has 0 atom stereocenters. The molecule has 0 saturated carbocycles. The molecule has 3 nitrogen and oxygen atoms in total. The normalized spacial score (nSPS) is 13.1. The molecule has 98 valence electrons. The Balaban J connectivity index is 1.72. The lowest BCUT2D eigenvalue weighted by Gasteiger charge is -2.17. The van der Waals surface area contributed by atoms with Crippen LogP contribution in [0.25, 0.3) is 0 Å². The molecule has 3 heteroatoms. The molecule has 20 heavy (non-hydrogen) atoms. The van der Waals surface area contributed by atoms with Crippen LogP contribution in [0.3, 0.4) is 0 Å². The Kier molecular flexibility index (Phi) is 3.47. The molecule has 0 bridgehead atoms. The molecular weight excluding hydrogens is 248 g/mol. The third-order valence-electron chi connectivity index (χ3n) is 3.37. The van der Waals surface area contributed by atoms with E-state index < -0.39 is 0 Å². The van der Waals surface area contributed by atoms with Crippen LogP contribution in [0, 0.1) is 11.3 Å². The van der Waals surface area contributed by atoms with E-state index in [1.165, 1.54) is 11.1 Å². The Hall–Kier alpha value is -2.60. The summed E-state index contributed by atoms with van der Waals surface area (Å²) < 4.78 is 5.76. The Morgan fingerprint density at radius 2 is 1.90 bits per heavy atom. The molecule has 0 aliphatic carbocycles. The summed E-state index contributed by atoms with van der Waals surface area (Å²) in [5.41, 5.74) is 4.15. The van der Waals surface area contributed by atoms with Crippen LogP contribution in [0.5, 0.6) is 5.75 Å². The van der Waals surface area contributed by atoms with Crippen LogP contribution >= 0.6 is 0 Å². The summed E-state index contributed by atoms with van der Waals surface area (Å²) >= 11 is 0. The number of hydrogen-bond donors (Lipinski definition) is 0. The minimum atomic E-state index is 0.461. The summed E-state index contributed by atoms with van der Waals surface area (Å²) in [7, 11) is 0. The zero-order valence-corrected chi connectivity index (χ0v) is 11.0. The van der Waals surface area contributed by atoms with Gasteiger partial charge in [0.1, 0.15) is 12.4 Å². The smallest absolute Gasteiger partial charge is 0.130 e. The lowest BCUT2D eigenvalue weighted by molar-refractivity contribution is 0.376. The topological polar surface area (TPSA) is 45.4 Å². The highest BCUT2D eigenvalue weighted by Crippen LogP contribution is 2.17. The molecule has 1 aliphatic rings. The zero-order chi connectivity index (χ0) is 13.8. The van der Waals surface area contributed by atoms with Gasteiger partial charge in [0.2, 0.25) is 0 Å². The molecule has 2 aromatic carbocycles. The van der Waals surface area contributed by atoms with Crippen molar-refractivity contribution < 1.29 is 4.74 Å². The first kappa shape index (κ1) is 12.4. The quantitative estimate of drug-likeness (QED) is 0.853. The van der Waals surface area contributed by atoms with Crippen LogP contribution in [0.2, 0.25) is 0 Å². The van der Waals surface area contributed by atoms with Gasteiger partial charge in [-0.1, -0.05) is 24.3 Å². The average Bonchev–Trinajstić information content (AvgIpc) is 2.53. The summed E-state index contributed by atoms with van der Waals surface area (Å²) in [5.74, 6) is 0.759. The fourth-order valence-electron chi connectivity index (χ4n) is 2.32. The van der Waals surface area contributed by atoms with Crippen LogP contribution in [-0.4, -0.2) is 18.9 Å². The highest BCUT2D eigenvalue weighted by atomic mass is 16.5. The molecular formula is C17H14N2O. The second kappa shape index (κ2) is 5.58. The largest absolute Gasteiger partial charge is 0.487 e. The van der Waals surface area contributed by atoms with Gasteiger partial charge in [0, 0.05) is 12.1 Å². The van der Waals surface area contributed by atoms with E-state index >= 15 is 0 Å². The number of benzene rings is 2. The third-order valence-corrected chi connectivity index (χ3v) is 3.37. The zero-order valence-electron chi connectivity index (χ0n) is 11.0. The maximum atomic E-state index is 8.76. The molecule has 0 unspecified atom stereocenters. The van der Waals surface area contributed by atoms with Crippen molar-refractivity contribution in [2.75, 3.05) is 13.2 Å². The lowest BCUT2D eigenvalue weighted by atomic mass is 9.98. The van der Waals surface area contributed by atoms with Gasteiger partial charge in [0.15, 0.2) is 0 Å². The Morgan fingerprint density at radius 3 is 2.70 bits per heavy atom. The third kappa shape index (κ3) is 2.55. The summed E-state index contributed by atoms with van der Waals surface area (Å²) in [4.78, 5) is 4.56. The summed E-state index contributed by atoms with van der Waals surface area (Å²) in [6.07, 6.45) is 0.997. The first-order valence-corrected chi connectivity index (χ1v) is 6.61. The van der Waals surface area contributed by atoms with Crippen molar-refractivity contribution in [3.05, 3.63) is 65.2 Å². The van der Waals surface area contributed by atoms with Crippen molar-refractivity contribution in [1.29, 1.82) is 5.26 Å². The van der Waals surface area contributed by atoms with Crippen LogP contribution in [0.4, 0.5) is 0 Å². The van der Waals surface area contributed by atoms with Gasteiger partial charge in [0.25, 0.3) is 0 Å². The predicted molar refractivity (Wildman–Crippen MR) is 78.2 cm³/mol. The molecule has 0 amide bonds. The molecule has 0 radical (unpaired) electrons. The maximum absolute atomic E-state index is 8.76. The SMILES string of the molecule is N#Cc1ccc(OCC2=NCCc3ccccc32)cc1. The molecule has 0 N–H and O–H groups in total. The van der Waals surface area contributed by atoms with Crippen molar-refractivity contribution in [2.24, 2.45) is 4.99 Å². The number of rotatable bonds is 3. The predicted octanol–water partition coefficient (Wildman–Crippen LogP) is 2.98. The van der Waals surface area contributed by atoms with E-state index in [0.717, 1.165) is 24.4 Å². The van der Waals surface area contributed by atoms with Gasteiger partial charge in [-0.3, -0.25) is 4.99 Å². The fraction of sp³-hybridized carbons (Fsp3) is 0.176. The van der Waals surface area contributed by atoms with E-state index in [1.54, 1.807) is 12.1 Å². The van der Waals surface area contributed by atoms with Crippen LogP contribution in [0.15, 0.2) is 53.5 Å². The van der Waals surface area contributed by atoms with Gasteiger partial charge in [-0.25, -0.2) is 0 Å². The number of aliphatic imine (C=N–C) groups is 1. The van der Waals surface area contributed by atoms with Gasteiger partial charge in [-0.05, 0) is 36.2 Å². The van der Waals surface area contributed by atoms with Gasteiger partial charge >= 0.3 is 0 Å². The van der Waals surface area contributed by atoms with Crippen molar-refractivity contribution in [2.45, 2.75) is 6.42 Å². The van der Waals surface area contributed by atoms with Gasteiger partial charge in [0.05, 0.1) is 17.3 Å². The van der Waals surface area contributed by atoms with Crippen LogP contribution in [0.1, 0.15) is 16.7 Å². The average molecular weight is 262 g/mol. The number of fused-ring (bicyclic) bond motifs is 1. The van der Waals surface area contributed by atoms with E-state index in [1.807, 2.05) is 18.2 Å². The van der Waals surface area contributed by atoms with Crippen LogP contribution < -0.4 is 4.74 Å². The minimum Gasteiger partial charge on any atom is -0.487 e. The molecule has 2 aromatic rings. The first-order valence-electron chi connectivity index (χ1n) is 6.61. The Labute approximate surface area is 118 Å². The van der Waals surface area contributed by atoms with Crippen molar-refractivity contribution in [1.82, 2.24) is 0 Å². The van der Waals surface area contributed by atoms with E-state index in [2.05, 4.69) is 29.3 Å². The summed E-state index contributed by atoms with van der Waals surface area (Å²) in [6, 6.07) is 17.6. The maximum Gasteiger partial charge on any atom is 0.130 e. The fourth-order valence-corrected chi connectivity index (χ4v) is 2.32. The monoisotopic (exact) mass is 262 g/mol. The van der Waals surface area contributed by atoms with Gasteiger partial charge < -0.3 is 4.74 Å². The molecule has 1 heterocycles. The molecule has 0 aromatic heterocycles. The first-order chi connectivity index (χ1) is 9.86. The van der Waals surface area contributed by atoms with Crippen molar-refractivity contribution in [3.8, 4) is 11.8 Å². The van der Waals surface area contributed by atoms with Crippen LogP contribution in [-0.2, 0) is 6.42 Å². The molecule has 3 rings (SSSR count). The highest BCUT2D eigenvalue weighted by molar-refractivity contribution is 6.03. The molecule has 0 spiro atoms. The van der Waals surface area contributed by atoms with Gasteiger partial charge in [-0.15, -0.1) is 0 Å². The number of nitrogens with zero attached hydrogens (tertiary/aromatic N) is 2. The van der Waals surface area contributed by atoms with E-state index in [0.29, 0.717) is 12.2 Å². The standard InChI is InChI=1S/C17H14N2O/c18-11-13-5-7-15(8-6-13)20-12-17-16-4-2-1-3-14(16)9-10-19-17/h1-8H,9-10,12H2. The van der Waals surface area contributed by atoms with Crippen molar-refractivity contribution >= 4 is 5.71 Å². The van der Waals surface area contributed by atoms with E-state index in [9.17, 15) is 0 Å². The number of nitriles is 1. The van der Waals surface area contributed by atoms with E-state index in [4.69, 9.17) is 10.00 Å². The second-order valence-corrected chi connectivity index (χ2v) is 4.66. The lowest BCUT2D eigenvalue weighted by Crippen LogP contribution is -2.19. The summed E-state index contributed by atoms with van der Waals surface area (Å²) in [5, 5.41) is 8.76. The summed E-state index contributed by atoms with van der Waals surface area (Å²) in [6.45, 7) is 1.28. The van der Waals surface area contributed by atoms with Crippen molar-refractivity contribution in [3.63, 3.8) is 0 Å². The Bertz CT molecular complexity index is 681. The minimum absolute atomic E-state index is 0.461. The molecule has 0 saturated heterocycles. The number of ether oxygens (including phenoxy) is 1. The molecule has 0 fully saturated rings.